The smallest absolute Gasteiger partial charge is 0.223 e. The number of benzene rings is 2. The van der Waals surface area contributed by atoms with Crippen molar-refractivity contribution < 1.29 is 9.59 Å². The number of anilines is 1. The number of hydrogen-bond donors (Lipinski definition) is 0. The highest BCUT2D eigenvalue weighted by Crippen LogP contribution is 2.32. The summed E-state index contributed by atoms with van der Waals surface area (Å²) in [5.41, 5.74) is 4.20. The van der Waals surface area contributed by atoms with E-state index in [4.69, 9.17) is 11.6 Å². The molecule has 38 heavy (non-hydrogen) atoms. The summed E-state index contributed by atoms with van der Waals surface area (Å²) >= 11 is 6.05. The number of pyridine rings is 1. The summed E-state index contributed by atoms with van der Waals surface area (Å²) in [5.74, 6) is 0.166. The first-order chi connectivity index (χ1) is 18.5. The van der Waals surface area contributed by atoms with Crippen LogP contribution in [0.1, 0.15) is 49.3 Å². The van der Waals surface area contributed by atoms with E-state index in [1.807, 2.05) is 70.6 Å². The van der Waals surface area contributed by atoms with E-state index in [1.54, 1.807) is 13.1 Å². The molecule has 3 heterocycles. The van der Waals surface area contributed by atoms with E-state index in [0.717, 1.165) is 42.6 Å². The van der Waals surface area contributed by atoms with Crippen molar-refractivity contribution >= 4 is 29.1 Å². The van der Waals surface area contributed by atoms with E-state index >= 15 is 0 Å². The molecule has 0 spiro atoms. The normalized spacial score (nSPS) is 20.1. The fraction of sp³-hybridized carbons (Fsp3) is 0.387. The highest BCUT2D eigenvalue weighted by molar-refractivity contribution is 6.30. The van der Waals surface area contributed by atoms with Crippen LogP contribution in [0.5, 0.6) is 0 Å². The molecular formula is C31H35ClN4O2. The van der Waals surface area contributed by atoms with Crippen LogP contribution in [0.2, 0.25) is 5.02 Å². The topological polar surface area (TPSA) is 56.8 Å². The summed E-state index contributed by atoms with van der Waals surface area (Å²) in [6.07, 6.45) is 7.82. The van der Waals surface area contributed by atoms with Gasteiger partial charge in [0.25, 0.3) is 0 Å². The maximum atomic E-state index is 13.7. The van der Waals surface area contributed by atoms with Crippen LogP contribution in [-0.4, -0.2) is 51.8 Å². The van der Waals surface area contributed by atoms with Gasteiger partial charge in [-0.1, -0.05) is 48.0 Å². The predicted molar refractivity (Wildman–Crippen MR) is 151 cm³/mol. The number of carbonyl (C=O) groups is 2. The van der Waals surface area contributed by atoms with Crippen LogP contribution in [0, 0.1) is 0 Å². The van der Waals surface area contributed by atoms with Gasteiger partial charge in [-0.2, -0.15) is 0 Å². The van der Waals surface area contributed by atoms with Gasteiger partial charge in [0.05, 0.1) is 0 Å². The summed E-state index contributed by atoms with van der Waals surface area (Å²) in [5, 5.41) is 0.698. The van der Waals surface area contributed by atoms with Crippen LogP contribution in [0.15, 0.2) is 73.1 Å². The molecule has 2 aliphatic heterocycles. The highest BCUT2D eigenvalue weighted by Gasteiger charge is 2.36. The van der Waals surface area contributed by atoms with Crippen LogP contribution in [-0.2, 0) is 29.1 Å². The molecule has 2 aliphatic rings. The molecule has 1 saturated heterocycles. The summed E-state index contributed by atoms with van der Waals surface area (Å²) in [4.78, 5) is 37.3. The molecule has 1 aromatic heterocycles. The second kappa shape index (κ2) is 12.1. The van der Waals surface area contributed by atoms with Crippen LogP contribution < -0.4 is 4.90 Å². The third-order valence-electron chi connectivity index (χ3n) is 7.89. The summed E-state index contributed by atoms with van der Waals surface area (Å²) in [6.45, 7) is 4.25. The molecule has 2 amide bonds. The van der Waals surface area contributed by atoms with Gasteiger partial charge in [0.15, 0.2) is 0 Å². The van der Waals surface area contributed by atoms with Crippen molar-refractivity contribution in [3.05, 3.63) is 94.8 Å². The van der Waals surface area contributed by atoms with Crippen molar-refractivity contribution in [2.45, 2.75) is 64.2 Å². The number of aromatic nitrogens is 1. The van der Waals surface area contributed by atoms with Gasteiger partial charge in [0, 0.05) is 74.7 Å². The molecule has 0 N–H and O–H groups in total. The Morgan fingerprint density at radius 2 is 1.74 bits per heavy atom. The molecule has 5 rings (SSSR count). The summed E-state index contributed by atoms with van der Waals surface area (Å²) in [7, 11) is 0. The molecule has 198 valence electrons. The molecule has 1 fully saturated rings. The number of halogens is 1. The van der Waals surface area contributed by atoms with Crippen LogP contribution in [0.25, 0.3) is 0 Å². The Morgan fingerprint density at radius 1 is 0.947 bits per heavy atom. The molecule has 0 saturated carbocycles. The van der Waals surface area contributed by atoms with Gasteiger partial charge in [0.2, 0.25) is 11.8 Å². The third-order valence-corrected chi connectivity index (χ3v) is 8.15. The zero-order valence-electron chi connectivity index (χ0n) is 21.9. The molecule has 6 nitrogen and oxygen atoms in total. The number of rotatable bonds is 5. The van der Waals surface area contributed by atoms with Gasteiger partial charge in [-0.15, -0.1) is 0 Å². The van der Waals surface area contributed by atoms with Gasteiger partial charge < -0.3 is 9.80 Å². The lowest BCUT2D eigenvalue weighted by molar-refractivity contribution is -0.132. The third kappa shape index (κ3) is 6.25. The van der Waals surface area contributed by atoms with Crippen molar-refractivity contribution in [2.75, 3.05) is 18.0 Å². The maximum Gasteiger partial charge on any atom is 0.223 e. The Hall–Kier alpha value is -3.22. The minimum atomic E-state index is 0.0330. The molecule has 2 aromatic carbocycles. The number of hydrogen-bond acceptors (Lipinski definition) is 4. The molecule has 2 unspecified atom stereocenters. The Morgan fingerprint density at radius 3 is 2.50 bits per heavy atom. The first-order valence-corrected chi connectivity index (χ1v) is 13.9. The molecule has 0 aliphatic carbocycles. The van der Waals surface area contributed by atoms with Crippen LogP contribution >= 0.6 is 11.6 Å². The standard InChI is InChI=1S/C31H35ClN4O2/c1-23(37)35-18-16-28-13-14-29(36(28)20-25-5-4-17-33-19-25)22-34(21-26-6-2-3-7-30(26)35)31(38)15-10-24-8-11-27(32)12-9-24/h2-9,11-12,17,19,28-29H,10,13-16,18,20-22H2,1H3. The lowest BCUT2D eigenvalue weighted by Crippen LogP contribution is -2.45. The molecule has 3 aromatic rings. The molecular weight excluding hydrogens is 496 g/mol. The number of amides is 2. The van der Waals surface area contributed by atoms with Crippen molar-refractivity contribution in [1.82, 2.24) is 14.8 Å². The van der Waals surface area contributed by atoms with Gasteiger partial charge in [0.1, 0.15) is 0 Å². The first kappa shape index (κ1) is 26.4. The number of nitrogens with zero attached hydrogens (tertiary/aromatic N) is 4. The van der Waals surface area contributed by atoms with Gasteiger partial charge in [-0.3, -0.25) is 19.5 Å². The Bertz CT molecular complexity index is 1250. The second-order valence-electron chi connectivity index (χ2n) is 10.4. The molecule has 7 heteroatoms. The number of aryl methyl sites for hydroxylation is 1. The quantitative estimate of drug-likeness (QED) is 0.438. The fourth-order valence-corrected chi connectivity index (χ4v) is 6.02. The monoisotopic (exact) mass is 530 g/mol. The lowest BCUT2D eigenvalue weighted by Gasteiger charge is -2.34. The van der Waals surface area contributed by atoms with Gasteiger partial charge in [-0.25, -0.2) is 0 Å². The number of para-hydroxylation sites is 1. The maximum absolute atomic E-state index is 13.7. The first-order valence-electron chi connectivity index (χ1n) is 13.5. The Kier molecular flexibility index (Phi) is 8.40. The zero-order chi connectivity index (χ0) is 26.5. The Labute approximate surface area is 230 Å². The van der Waals surface area contributed by atoms with Gasteiger partial charge >= 0.3 is 0 Å². The van der Waals surface area contributed by atoms with E-state index < -0.39 is 0 Å². The molecule has 0 radical (unpaired) electrons. The van der Waals surface area contributed by atoms with Crippen molar-refractivity contribution in [3.63, 3.8) is 0 Å². The van der Waals surface area contributed by atoms with E-state index in [-0.39, 0.29) is 17.9 Å². The van der Waals surface area contributed by atoms with Crippen molar-refractivity contribution in [2.24, 2.45) is 0 Å². The zero-order valence-corrected chi connectivity index (χ0v) is 22.7. The van der Waals surface area contributed by atoms with Crippen LogP contribution in [0.4, 0.5) is 5.69 Å². The van der Waals surface area contributed by atoms with E-state index in [2.05, 4.69) is 16.0 Å². The Balaban J connectivity index is 1.44. The molecule has 2 bridgehead atoms. The van der Waals surface area contributed by atoms with E-state index in [0.29, 0.717) is 43.5 Å². The fourth-order valence-electron chi connectivity index (χ4n) is 5.89. The lowest BCUT2D eigenvalue weighted by atomic mass is 10.1. The van der Waals surface area contributed by atoms with E-state index in [1.165, 1.54) is 5.56 Å². The highest BCUT2D eigenvalue weighted by atomic mass is 35.5. The van der Waals surface area contributed by atoms with E-state index in [9.17, 15) is 9.59 Å². The SMILES string of the molecule is CC(=O)N1CCC2CCC(CN(C(=O)CCc3ccc(Cl)cc3)Cc3ccccc31)N2Cc1cccnc1. The predicted octanol–water partition coefficient (Wildman–Crippen LogP) is 5.49. The number of carbonyl (C=O) groups excluding carboxylic acids is 2. The summed E-state index contributed by atoms with van der Waals surface area (Å²) in [6, 6.07) is 20.4. The van der Waals surface area contributed by atoms with Crippen molar-refractivity contribution in [3.8, 4) is 0 Å². The summed E-state index contributed by atoms with van der Waals surface area (Å²) < 4.78 is 0. The minimum absolute atomic E-state index is 0.0330. The van der Waals surface area contributed by atoms with Gasteiger partial charge in [-0.05, 0) is 66.6 Å². The largest absolute Gasteiger partial charge is 0.337 e. The minimum Gasteiger partial charge on any atom is -0.337 e. The van der Waals surface area contributed by atoms with Crippen molar-refractivity contribution in [1.29, 1.82) is 0 Å². The average molecular weight is 531 g/mol. The molecule has 2 atom stereocenters. The average Bonchev–Trinajstić information content (AvgIpc) is 3.28. The second-order valence-corrected chi connectivity index (χ2v) is 10.8. The number of fused-ring (bicyclic) bond motifs is 3. The van der Waals surface area contributed by atoms with Crippen LogP contribution in [0.3, 0.4) is 0 Å².